The number of aromatic nitrogens is 1. The molecule has 1 unspecified atom stereocenters. The number of aliphatic carboxylic acids is 1. The second-order valence-electron chi connectivity index (χ2n) is 3.08. The molecule has 0 radical (unpaired) electrons. The standard InChI is InChI=1S/C10H12ClNO2/c1-2-3-8(10(13)14)7-4-5-12-6-9(7)11/h4-6,8H,2-3H2,1H3,(H,13,14). The summed E-state index contributed by atoms with van der Waals surface area (Å²) in [6.45, 7) is 1.95. The van der Waals surface area contributed by atoms with Crippen LogP contribution < -0.4 is 0 Å². The lowest BCUT2D eigenvalue weighted by molar-refractivity contribution is -0.139. The average Bonchev–Trinajstić information content (AvgIpc) is 2.15. The van der Waals surface area contributed by atoms with Crippen molar-refractivity contribution in [1.29, 1.82) is 0 Å². The van der Waals surface area contributed by atoms with E-state index in [2.05, 4.69) is 4.98 Å². The average molecular weight is 214 g/mol. The maximum absolute atomic E-state index is 11.0. The van der Waals surface area contributed by atoms with E-state index in [4.69, 9.17) is 16.7 Å². The van der Waals surface area contributed by atoms with Crippen LogP contribution in [0.1, 0.15) is 31.2 Å². The fourth-order valence-electron chi connectivity index (χ4n) is 1.37. The van der Waals surface area contributed by atoms with E-state index < -0.39 is 11.9 Å². The summed E-state index contributed by atoms with van der Waals surface area (Å²) in [5, 5.41) is 9.43. The first-order valence-corrected chi connectivity index (χ1v) is 4.86. The molecule has 0 saturated carbocycles. The molecular formula is C10H12ClNO2. The molecule has 1 N–H and O–H groups in total. The van der Waals surface area contributed by atoms with Crippen molar-refractivity contribution in [2.45, 2.75) is 25.7 Å². The van der Waals surface area contributed by atoms with E-state index in [1.165, 1.54) is 6.20 Å². The second-order valence-corrected chi connectivity index (χ2v) is 3.48. The van der Waals surface area contributed by atoms with Gasteiger partial charge in [-0.25, -0.2) is 0 Å². The van der Waals surface area contributed by atoms with Crippen molar-refractivity contribution < 1.29 is 9.90 Å². The Kier molecular flexibility index (Phi) is 3.89. The maximum Gasteiger partial charge on any atom is 0.311 e. The predicted octanol–water partition coefficient (Wildman–Crippen LogP) is 2.70. The van der Waals surface area contributed by atoms with Gasteiger partial charge in [0.25, 0.3) is 0 Å². The Morgan fingerprint density at radius 1 is 1.71 bits per heavy atom. The zero-order chi connectivity index (χ0) is 10.6. The molecule has 0 saturated heterocycles. The van der Waals surface area contributed by atoms with Crippen LogP contribution in [0.3, 0.4) is 0 Å². The van der Waals surface area contributed by atoms with E-state index in [0.717, 1.165) is 6.42 Å². The Bertz CT molecular complexity index is 328. The minimum Gasteiger partial charge on any atom is -0.481 e. The summed E-state index contributed by atoms with van der Waals surface area (Å²) < 4.78 is 0. The quantitative estimate of drug-likeness (QED) is 0.837. The fourth-order valence-corrected chi connectivity index (χ4v) is 1.62. The third-order valence-electron chi connectivity index (χ3n) is 2.05. The largest absolute Gasteiger partial charge is 0.481 e. The molecule has 0 aliphatic carbocycles. The summed E-state index contributed by atoms with van der Waals surface area (Å²) in [4.78, 5) is 14.8. The highest BCUT2D eigenvalue weighted by atomic mass is 35.5. The molecule has 1 atom stereocenters. The van der Waals surface area contributed by atoms with E-state index >= 15 is 0 Å². The Morgan fingerprint density at radius 3 is 2.93 bits per heavy atom. The molecule has 1 heterocycles. The smallest absolute Gasteiger partial charge is 0.311 e. The van der Waals surface area contributed by atoms with Crippen molar-refractivity contribution >= 4 is 17.6 Å². The highest BCUT2D eigenvalue weighted by Gasteiger charge is 2.20. The Hall–Kier alpha value is -1.09. The molecular weight excluding hydrogens is 202 g/mol. The monoisotopic (exact) mass is 213 g/mol. The van der Waals surface area contributed by atoms with E-state index in [1.807, 2.05) is 6.92 Å². The number of halogens is 1. The van der Waals surface area contributed by atoms with Gasteiger partial charge in [-0.1, -0.05) is 24.9 Å². The van der Waals surface area contributed by atoms with Gasteiger partial charge in [-0.2, -0.15) is 0 Å². The van der Waals surface area contributed by atoms with E-state index in [0.29, 0.717) is 17.0 Å². The molecule has 0 fully saturated rings. The van der Waals surface area contributed by atoms with Crippen molar-refractivity contribution in [3.8, 4) is 0 Å². The first kappa shape index (κ1) is 11.0. The van der Waals surface area contributed by atoms with Crippen LogP contribution in [0.15, 0.2) is 18.5 Å². The van der Waals surface area contributed by atoms with Crippen LogP contribution in [-0.4, -0.2) is 16.1 Å². The van der Waals surface area contributed by atoms with Gasteiger partial charge in [0.1, 0.15) is 0 Å². The second kappa shape index (κ2) is 4.96. The molecule has 4 heteroatoms. The minimum atomic E-state index is -0.833. The molecule has 1 rings (SSSR count). The van der Waals surface area contributed by atoms with Gasteiger partial charge in [0.15, 0.2) is 0 Å². The van der Waals surface area contributed by atoms with Gasteiger partial charge in [0.2, 0.25) is 0 Å². The summed E-state index contributed by atoms with van der Waals surface area (Å²) in [7, 11) is 0. The number of carboxylic acid groups (broad SMARTS) is 1. The molecule has 0 bridgehead atoms. The Balaban J connectivity index is 2.99. The normalized spacial score (nSPS) is 12.4. The van der Waals surface area contributed by atoms with Crippen LogP contribution in [0.5, 0.6) is 0 Å². The van der Waals surface area contributed by atoms with Crippen molar-refractivity contribution in [3.63, 3.8) is 0 Å². The highest BCUT2D eigenvalue weighted by molar-refractivity contribution is 6.31. The van der Waals surface area contributed by atoms with Crippen LogP contribution in [0.4, 0.5) is 0 Å². The molecule has 0 aliphatic rings. The number of carbonyl (C=O) groups is 1. The van der Waals surface area contributed by atoms with Gasteiger partial charge in [-0.3, -0.25) is 9.78 Å². The van der Waals surface area contributed by atoms with Gasteiger partial charge >= 0.3 is 5.97 Å². The lowest BCUT2D eigenvalue weighted by Crippen LogP contribution is -2.11. The van der Waals surface area contributed by atoms with Gasteiger partial charge in [0, 0.05) is 12.4 Å². The van der Waals surface area contributed by atoms with Crippen LogP contribution in [-0.2, 0) is 4.79 Å². The van der Waals surface area contributed by atoms with Crippen molar-refractivity contribution in [1.82, 2.24) is 4.98 Å². The molecule has 0 aromatic carbocycles. The summed E-state index contributed by atoms with van der Waals surface area (Å²) in [5.41, 5.74) is 0.649. The number of rotatable bonds is 4. The summed E-state index contributed by atoms with van der Waals surface area (Å²) in [6, 6.07) is 1.66. The van der Waals surface area contributed by atoms with Crippen LogP contribution >= 0.6 is 11.6 Å². The predicted molar refractivity (Wildman–Crippen MR) is 54.5 cm³/mol. The molecule has 0 aliphatic heterocycles. The number of hydrogen-bond donors (Lipinski definition) is 1. The van der Waals surface area contributed by atoms with Gasteiger partial charge in [0.05, 0.1) is 10.9 Å². The van der Waals surface area contributed by atoms with Crippen molar-refractivity contribution in [2.75, 3.05) is 0 Å². The van der Waals surface area contributed by atoms with Crippen molar-refractivity contribution in [3.05, 3.63) is 29.0 Å². The van der Waals surface area contributed by atoms with Crippen LogP contribution in [0.25, 0.3) is 0 Å². The lowest BCUT2D eigenvalue weighted by Gasteiger charge is -2.12. The zero-order valence-electron chi connectivity index (χ0n) is 7.90. The van der Waals surface area contributed by atoms with E-state index in [1.54, 1.807) is 12.3 Å². The molecule has 76 valence electrons. The molecule has 0 spiro atoms. The third-order valence-corrected chi connectivity index (χ3v) is 2.37. The lowest BCUT2D eigenvalue weighted by atomic mass is 9.96. The number of hydrogen-bond acceptors (Lipinski definition) is 2. The summed E-state index contributed by atoms with van der Waals surface area (Å²) in [5.74, 6) is -1.35. The van der Waals surface area contributed by atoms with E-state index in [9.17, 15) is 4.79 Å². The van der Waals surface area contributed by atoms with Gasteiger partial charge in [-0.15, -0.1) is 0 Å². The number of pyridine rings is 1. The molecule has 1 aromatic rings. The van der Waals surface area contributed by atoms with Crippen molar-refractivity contribution in [2.24, 2.45) is 0 Å². The topological polar surface area (TPSA) is 50.2 Å². The molecule has 14 heavy (non-hydrogen) atoms. The zero-order valence-corrected chi connectivity index (χ0v) is 8.66. The molecule has 0 amide bonds. The first-order valence-electron chi connectivity index (χ1n) is 4.49. The van der Waals surface area contributed by atoms with Crippen LogP contribution in [0.2, 0.25) is 5.02 Å². The molecule has 1 aromatic heterocycles. The third kappa shape index (κ3) is 2.45. The minimum absolute atomic E-state index is 0.424. The van der Waals surface area contributed by atoms with Gasteiger partial charge in [-0.05, 0) is 18.1 Å². The SMILES string of the molecule is CCCC(C(=O)O)c1ccncc1Cl. The molecule has 3 nitrogen and oxygen atoms in total. The van der Waals surface area contributed by atoms with Crippen LogP contribution in [0, 0.1) is 0 Å². The van der Waals surface area contributed by atoms with Gasteiger partial charge < -0.3 is 5.11 Å². The summed E-state index contributed by atoms with van der Waals surface area (Å²) in [6.07, 6.45) is 4.45. The fraction of sp³-hybridized carbons (Fsp3) is 0.400. The number of carboxylic acids is 1. The van der Waals surface area contributed by atoms with E-state index in [-0.39, 0.29) is 0 Å². The summed E-state index contributed by atoms with van der Waals surface area (Å²) >= 11 is 5.87. The highest BCUT2D eigenvalue weighted by Crippen LogP contribution is 2.27. The first-order chi connectivity index (χ1) is 6.66. The Labute approximate surface area is 87.7 Å². The number of nitrogens with zero attached hydrogens (tertiary/aromatic N) is 1. The Morgan fingerprint density at radius 2 is 2.43 bits per heavy atom. The maximum atomic E-state index is 11.0.